The molecule has 0 amide bonds. The lowest BCUT2D eigenvalue weighted by atomic mass is 10.1. The van der Waals surface area contributed by atoms with Crippen LogP contribution >= 0.6 is 23.2 Å². The molecule has 0 aliphatic carbocycles. The average Bonchev–Trinajstić information content (AvgIpc) is 2.77. The molecule has 2 aromatic carbocycles. The average molecular weight is 471 g/mol. The van der Waals surface area contributed by atoms with E-state index in [0.717, 1.165) is 0 Å². The van der Waals surface area contributed by atoms with E-state index in [1.807, 2.05) is 0 Å². The summed E-state index contributed by atoms with van der Waals surface area (Å²) in [6, 6.07) is 13.4. The molecule has 0 aliphatic heterocycles. The predicted molar refractivity (Wildman–Crippen MR) is 123 cm³/mol. The highest BCUT2D eigenvalue weighted by Gasteiger charge is 2.16. The molecule has 0 radical (unpaired) electrons. The van der Waals surface area contributed by atoms with Crippen LogP contribution in [0.5, 0.6) is 5.75 Å². The van der Waals surface area contributed by atoms with Gasteiger partial charge in [-0.25, -0.2) is 9.78 Å². The van der Waals surface area contributed by atoms with Crippen molar-refractivity contribution in [2.75, 3.05) is 11.9 Å². The number of carboxylic acid groups (broad SMARTS) is 1. The lowest BCUT2D eigenvalue weighted by Crippen LogP contribution is -2.20. The summed E-state index contributed by atoms with van der Waals surface area (Å²) in [6.07, 6.45) is 1.60. The summed E-state index contributed by atoms with van der Waals surface area (Å²) in [6.45, 7) is -0.421. The topological polar surface area (TPSA) is 106 Å². The van der Waals surface area contributed by atoms with Crippen LogP contribution in [0.15, 0.2) is 59.5 Å². The molecule has 0 saturated heterocycles. The molecule has 2 N–H and O–H groups in total. The molecule has 4 rings (SSSR count). The van der Waals surface area contributed by atoms with Gasteiger partial charge in [0.15, 0.2) is 6.61 Å². The number of carbonyl (C=O) groups is 1. The highest BCUT2D eigenvalue weighted by atomic mass is 35.5. The number of carboxylic acids is 1. The van der Waals surface area contributed by atoms with Crippen LogP contribution in [-0.4, -0.2) is 32.2 Å². The molecule has 2 aromatic heterocycles. The summed E-state index contributed by atoms with van der Waals surface area (Å²) >= 11 is 12.6. The van der Waals surface area contributed by atoms with Gasteiger partial charge in [-0.1, -0.05) is 29.3 Å². The van der Waals surface area contributed by atoms with Crippen molar-refractivity contribution in [3.8, 4) is 16.9 Å². The number of aliphatic carboxylic acids is 1. The van der Waals surface area contributed by atoms with Crippen molar-refractivity contribution in [3.63, 3.8) is 0 Å². The summed E-state index contributed by atoms with van der Waals surface area (Å²) in [7, 11) is 1.62. The SMILES string of the molecule is Cn1c(=O)c(-c2c(Cl)cccc2Cl)cc2cnc(Nc3ccc(OCC(=O)O)cc3)nc21. The standard InChI is InChI=1S/C22H16Cl2N4O4/c1-28-20-12(9-15(21(28)31)19-16(23)3-2-4-17(19)24)10-25-22(27-20)26-13-5-7-14(8-6-13)32-11-18(29)30/h2-10H,11H2,1H3,(H,29,30)(H,25,26,27). The second-order valence-electron chi connectivity index (χ2n) is 6.82. The molecular formula is C22H16Cl2N4O4. The normalized spacial score (nSPS) is 10.8. The zero-order valence-electron chi connectivity index (χ0n) is 16.7. The highest BCUT2D eigenvalue weighted by Crippen LogP contribution is 2.33. The first-order chi connectivity index (χ1) is 15.3. The van der Waals surface area contributed by atoms with E-state index < -0.39 is 12.6 Å². The number of pyridine rings is 1. The molecule has 0 aliphatic rings. The minimum atomic E-state index is -1.05. The number of nitrogens with one attached hydrogen (secondary N) is 1. The Kier molecular flexibility index (Phi) is 5.98. The third kappa shape index (κ3) is 4.37. The smallest absolute Gasteiger partial charge is 0.341 e. The van der Waals surface area contributed by atoms with E-state index >= 15 is 0 Å². The molecule has 0 saturated carbocycles. The fourth-order valence-electron chi connectivity index (χ4n) is 3.15. The summed E-state index contributed by atoms with van der Waals surface area (Å²) in [5.41, 5.74) is 1.62. The molecule has 4 aromatic rings. The lowest BCUT2D eigenvalue weighted by Gasteiger charge is -2.12. The molecule has 162 valence electrons. The maximum atomic E-state index is 13.0. The van der Waals surface area contributed by atoms with E-state index in [1.54, 1.807) is 61.8 Å². The summed E-state index contributed by atoms with van der Waals surface area (Å²) in [5.74, 6) is -0.344. The van der Waals surface area contributed by atoms with Crippen LogP contribution in [0.2, 0.25) is 10.0 Å². The van der Waals surface area contributed by atoms with E-state index in [2.05, 4.69) is 15.3 Å². The molecule has 2 heterocycles. The Morgan fingerprint density at radius 2 is 1.84 bits per heavy atom. The molecule has 0 spiro atoms. The van der Waals surface area contributed by atoms with Gasteiger partial charge in [0.05, 0.1) is 15.6 Å². The van der Waals surface area contributed by atoms with Crippen molar-refractivity contribution in [1.29, 1.82) is 0 Å². The minimum Gasteiger partial charge on any atom is -0.482 e. The molecule has 0 atom stereocenters. The van der Waals surface area contributed by atoms with Crippen molar-refractivity contribution in [3.05, 3.63) is 75.1 Å². The number of aromatic nitrogens is 3. The van der Waals surface area contributed by atoms with Gasteiger partial charge >= 0.3 is 5.97 Å². The van der Waals surface area contributed by atoms with E-state index in [-0.39, 0.29) is 11.5 Å². The number of anilines is 2. The summed E-state index contributed by atoms with van der Waals surface area (Å²) in [5, 5.41) is 13.1. The second-order valence-corrected chi connectivity index (χ2v) is 7.64. The first-order valence-corrected chi connectivity index (χ1v) is 10.1. The molecule has 0 unspecified atom stereocenters. The van der Waals surface area contributed by atoms with Crippen molar-refractivity contribution in [2.24, 2.45) is 7.05 Å². The Morgan fingerprint density at radius 3 is 2.50 bits per heavy atom. The number of halogens is 2. The Hall–Kier alpha value is -3.62. The van der Waals surface area contributed by atoms with E-state index in [4.69, 9.17) is 33.0 Å². The Morgan fingerprint density at radius 1 is 1.16 bits per heavy atom. The number of hydrogen-bond donors (Lipinski definition) is 2. The van der Waals surface area contributed by atoms with E-state index in [1.165, 1.54) is 4.57 Å². The number of nitrogens with zero attached hydrogens (tertiary/aromatic N) is 3. The van der Waals surface area contributed by atoms with Crippen LogP contribution in [0.3, 0.4) is 0 Å². The van der Waals surface area contributed by atoms with Gasteiger partial charge in [-0.15, -0.1) is 0 Å². The Bertz CT molecular complexity index is 1370. The van der Waals surface area contributed by atoms with Gasteiger partial charge in [0.25, 0.3) is 5.56 Å². The lowest BCUT2D eigenvalue weighted by molar-refractivity contribution is -0.139. The number of rotatable bonds is 6. The van der Waals surface area contributed by atoms with Crippen molar-refractivity contribution < 1.29 is 14.6 Å². The monoisotopic (exact) mass is 470 g/mol. The van der Waals surface area contributed by atoms with Gasteiger partial charge in [0.1, 0.15) is 11.4 Å². The van der Waals surface area contributed by atoms with Crippen molar-refractivity contribution in [1.82, 2.24) is 14.5 Å². The number of fused-ring (bicyclic) bond motifs is 1. The Labute approximate surface area is 192 Å². The fourth-order valence-corrected chi connectivity index (χ4v) is 3.75. The second kappa shape index (κ2) is 8.86. The van der Waals surface area contributed by atoms with Gasteiger partial charge in [0.2, 0.25) is 5.95 Å². The predicted octanol–water partition coefficient (Wildman–Crippen LogP) is 4.51. The van der Waals surface area contributed by atoms with Crippen LogP contribution in [0.4, 0.5) is 11.6 Å². The molecule has 8 nitrogen and oxygen atoms in total. The van der Waals surface area contributed by atoms with Gasteiger partial charge in [-0.3, -0.25) is 9.36 Å². The number of hydrogen-bond acceptors (Lipinski definition) is 6. The van der Waals surface area contributed by atoms with Crippen molar-refractivity contribution >= 4 is 51.8 Å². The molecule has 0 fully saturated rings. The zero-order chi connectivity index (χ0) is 22.8. The molecular weight excluding hydrogens is 455 g/mol. The third-order valence-corrected chi connectivity index (χ3v) is 5.28. The number of ether oxygens (including phenoxy) is 1. The van der Waals surface area contributed by atoms with Gasteiger partial charge in [-0.05, 0) is 42.5 Å². The largest absolute Gasteiger partial charge is 0.482 e. The van der Waals surface area contributed by atoms with Crippen LogP contribution in [0, 0.1) is 0 Å². The van der Waals surface area contributed by atoms with Gasteiger partial charge < -0.3 is 15.2 Å². The maximum Gasteiger partial charge on any atom is 0.341 e. The van der Waals surface area contributed by atoms with Crippen molar-refractivity contribution in [2.45, 2.75) is 0 Å². The number of aryl methyl sites for hydroxylation is 1. The third-order valence-electron chi connectivity index (χ3n) is 4.65. The van der Waals surface area contributed by atoms with E-state index in [0.29, 0.717) is 43.6 Å². The Balaban J connectivity index is 1.66. The van der Waals surface area contributed by atoms with Crippen LogP contribution in [-0.2, 0) is 11.8 Å². The molecule has 32 heavy (non-hydrogen) atoms. The fraction of sp³-hybridized carbons (Fsp3) is 0.0909. The first kappa shape index (κ1) is 21.6. The van der Waals surface area contributed by atoms with Crippen LogP contribution < -0.4 is 15.6 Å². The van der Waals surface area contributed by atoms with Gasteiger partial charge in [0, 0.05) is 29.9 Å². The minimum absolute atomic E-state index is 0.287. The summed E-state index contributed by atoms with van der Waals surface area (Å²) in [4.78, 5) is 32.4. The highest BCUT2D eigenvalue weighted by molar-refractivity contribution is 6.39. The van der Waals surface area contributed by atoms with Crippen LogP contribution in [0.1, 0.15) is 0 Å². The summed E-state index contributed by atoms with van der Waals surface area (Å²) < 4.78 is 6.52. The zero-order valence-corrected chi connectivity index (χ0v) is 18.2. The maximum absolute atomic E-state index is 13.0. The molecule has 0 bridgehead atoms. The van der Waals surface area contributed by atoms with E-state index in [9.17, 15) is 9.59 Å². The van der Waals surface area contributed by atoms with Crippen LogP contribution in [0.25, 0.3) is 22.2 Å². The quantitative estimate of drug-likeness (QED) is 0.426. The first-order valence-electron chi connectivity index (χ1n) is 9.36. The van der Waals surface area contributed by atoms with Gasteiger partial charge in [-0.2, -0.15) is 4.98 Å². The molecule has 10 heteroatoms. The number of benzene rings is 2.